The van der Waals surface area contributed by atoms with Crippen LogP contribution in [0.15, 0.2) is 17.0 Å². The van der Waals surface area contributed by atoms with E-state index in [0.717, 1.165) is 17.5 Å². The van der Waals surface area contributed by atoms with E-state index < -0.39 is 9.05 Å². The smallest absolute Gasteiger partial charge is 0.261 e. The van der Waals surface area contributed by atoms with Crippen molar-refractivity contribution in [3.63, 3.8) is 0 Å². The third-order valence-electron chi connectivity index (χ3n) is 3.17. The highest BCUT2D eigenvalue weighted by atomic mass is 35.7. The Bertz CT molecular complexity index is 609. The summed E-state index contributed by atoms with van der Waals surface area (Å²) < 4.78 is 22.8. The number of carbonyl (C=O) groups is 1. The van der Waals surface area contributed by atoms with Crippen LogP contribution < -0.4 is 5.32 Å². The monoisotopic (exact) mass is 317 g/mol. The molecule has 1 rings (SSSR count). The summed E-state index contributed by atoms with van der Waals surface area (Å²) in [5, 5.41) is 2.80. The Morgan fingerprint density at radius 1 is 1.30 bits per heavy atom. The van der Waals surface area contributed by atoms with Crippen LogP contribution in [0.3, 0.4) is 0 Å². The molecule has 0 aliphatic carbocycles. The van der Waals surface area contributed by atoms with Crippen LogP contribution in [0.2, 0.25) is 0 Å². The van der Waals surface area contributed by atoms with Crippen molar-refractivity contribution >= 4 is 25.6 Å². The number of hydrogen-bond donors (Lipinski definition) is 1. The van der Waals surface area contributed by atoms with Crippen molar-refractivity contribution in [3.8, 4) is 0 Å². The first kappa shape index (κ1) is 17.0. The Labute approximate surface area is 124 Å². The highest BCUT2D eigenvalue weighted by molar-refractivity contribution is 8.13. The molecule has 0 aromatic heterocycles. The molecule has 0 aliphatic rings. The number of amides is 1. The maximum absolute atomic E-state index is 12.1. The number of benzene rings is 1. The molecule has 4 nitrogen and oxygen atoms in total. The molecule has 0 fully saturated rings. The molecule has 112 valence electrons. The number of carbonyl (C=O) groups excluding carboxylic acids is 1. The Morgan fingerprint density at radius 2 is 1.90 bits per heavy atom. The Hall–Kier alpha value is -1.07. The molecule has 0 heterocycles. The molecule has 20 heavy (non-hydrogen) atoms. The van der Waals surface area contributed by atoms with Crippen LogP contribution >= 0.6 is 10.7 Å². The molecule has 0 radical (unpaired) electrons. The van der Waals surface area contributed by atoms with Crippen LogP contribution in [0.4, 0.5) is 0 Å². The maximum atomic E-state index is 12.1. The lowest BCUT2D eigenvalue weighted by atomic mass is 10.0. The van der Waals surface area contributed by atoms with Crippen molar-refractivity contribution in [2.24, 2.45) is 5.92 Å². The average Bonchev–Trinajstić information content (AvgIpc) is 2.30. The van der Waals surface area contributed by atoms with E-state index in [1.54, 1.807) is 13.8 Å². The molecule has 1 aromatic rings. The number of rotatable bonds is 5. The molecule has 0 unspecified atom stereocenters. The van der Waals surface area contributed by atoms with E-state index in [0.29, 0.717) is 18.0 Å². The van der Waals surface area contributed by atoms with E-state index in [-0.39, 0.29) is 10.8 Å². The second-order valence-electron chi connectivity index (χ2n) is 5.29. The van der Waals surface area contributed by atoms with Crippen molar-refractivity contribution in [1.82, 2.24) is 5.32 Å². The van der Waals surface area contributed by atoms with Gasteiger partial charge in [0.15, 0.2) is 0 Å². The van der Waals surface area contributed by atoms with Crippen molar-refractivity contribution in [2.75, 3.05) is 6.54 Å². The van der Waals surface area contributed by atoms with Gasteiger partial charge in [0.1, 0.15) is 0 Å². The molecule has 0 saturated heterocycles. The molecule has 1 N–H and O–H groups in total. The minimum Gasteiger partial charge on any atom is -0.352 e. The van der Waals surface area contributed by atoms with Crippen LogP contribution in [-0.4, -0.2) is 20.9 Å². The number of hydrogen-bond acceptors (Lipinski definition) is 3. The van der Waals surface area contributed by atoms with Crippen molar-refractivity contribution in [1.29, 1.82) is 0 Å². The largest absolute Gasteiger partial charge is 0.352 e. The number of aryl methyl sites for hydroxylation is 1. The first-order chi connectivity index (χ1) is 9.12. The summed E-state index contributed by atoms with van der Waals surface area (Å²) in [5.74, 6) is 0.223. The summed E-state index contributed by atoms with van der Waals surface area (Å²) >= 11 is 0. The lowest BCUT2D eigenvalue weighted by molar-refractivity contribution is 0.0951. The predicted molar refractivity (Wildman–Crippen MR) is 80.7 cm³/mol. The standard InChI is InChI=1S/C14H20ClNO3S/c1-9(2)5-6-16-14(17)13-8-12(20(15,18)19)7-10(3)11(13)4/h7-9H,5-6H2,1-4H3,(H,16,17). The third-order valence-corrected chi connectivity index (χ3v) is 4.51. The normalized spacial score (nSPS) is 11.7. The highest BCUT2D eigenvalue weighted by Crippen LogP contribution is 2.22. The van der Waals surface area contributed by atoms with Gasteiger partial charge in [0.05, 0.1) is 4.90 Å². The maximum Gasteiger partial charge on any atom is 0.261 e. The SMILES string of the molecule is Cc1cc(S(=O)(=O)Cl)cc(C(=O)NCCC(C)C)c1C. The van der Waals surface area contributed by atoms with Crippen LogP contribution in [0.25, 0.3) is 0 Å². The van der Waals surface area contributed by atoms with Gasteiger partial charge in [-0.25, -0.2) is 8.42 Å². The quantitative estimate of drug-likeness (QED) is 0.849. The number of halogens is 1. The van der Waals surface area contributed by atoms with Gasteiger partial charge in [-0.1, -0.05) is 13.8 Å². The molecule has 0 bridgehead atoms. The van der Waals surface area contributed by atoms with Gasteiger partial charge in [0, 0.05) is 22.8 Å². The van der Waals surface area contributed by atoms with Gasteiger partial charge in [0.2, 0.25) is 0 Å². The van der Waals surface area contributed by atoms with E-state index in [2.05, 4.69) is 19.2 Å². The van der Waals surface area contributed by atoms with Crippen molar-refractivity contribution in [2.45, 2.75) is 39.0 Å². The van der Waals surface area contributed by atoms with E-state index in [9.17, 15) is 13.2 Å². The molecule has 0 aliphatic heterocycles. The summed E-state index contributed by atoms with van der Waals surface area (Å²) in [6.07, 6.45) is 0.872. The minimum atomic E-state index is -3.84. The molecule has 1 amide bonds. The summed E-state index contributed by atoms with van der Waals surface area (Å²) in [6, 6.07) is 2.80. The predicted octanol–water partition coefficient (Wildman–Crippen LogP) is 3.01. The molecular formula is C14H20ClNO3S. The zero-order valence-electron chi connectivity index (χ0n) is 12.2. The van der Waals surface area contributed by atoms with Gasteiger partial charge in [0.25, 0.3) is 15.0 Å². The highest BCUT2D eigenvalue weighted by Gasteiger charge is 2.17. The van der Waals surface area contributed by atoms with Gasteiger partial charge in [-0.15, -0.1) is 0 Å². The second kappa shape index (κ2) is 6.59. The van der Waals surface area contributed by atoms with Crippen LogP contribution in [0.1, 0.15) is 41.8 Å². The minimum absolute atomic E-state index is 0.0451. The molecule has 0 atom stereocenters. The molecule has 1 aromatic carbocycles. The van der Waals surface area contributed by atoms with Crippen molar-refractivity contribution in [3.05, 3.63) is 28.8 Å². The van der Waals surface area contributed by atoms with E-state index in [4.69, 9.17) is 10.7 Å². The van der Waals surface area contributed by atoms with E-state index in [1.165, 1.54) is 12.1 Å². The fourth-order valence-electron chi connectivity index (χ4n) is 1.77. The molecule has 0 saturated carbocycles. The van der Waals surface area contributed by atoms with Gasteiger partial charge in [-0.2, -0.15) is 0 Å². The average molecular weight is 318 g/mol. The fraction of sp³-hybridized carbons (Fsp3) is 0.500. The van der Waals surface area contributed by atoms with E-state index in [1.807, 2.05) is 0 Å². The van der Waals surface area contributed by atoms with Crippen molar-refractivity contribution < 1.29 is 13.2 Å². The first-order valence-corrected chi connectivity index (χ1v) is 8.78. The zero-order chi connectivity index (χ0) is 15.5. The Balaban J connectivity index is 3.05. The summed E-state index contributed by atoms with van der Waals surface area (Å²) in [7, 11) is 1.51. The third kappa shape index (κ3) is 4.49. The Kier molecular flexibility index (Phi) is 5.59. The van der Waals surface area contributed by atoms with Crippen LogP contribution in [0, 0.1) is 19.8 Å². The number of nitrogens with one attached hydrogen (secondary N) is 1. The Morgan fingerprint density at radius 3 is 2.40 bits per heavy atom. The van der Waals surface area contributed by atoms with E-state index >= 15 is 0 Å². The zero-order valence-corrected chi connectivity index (χ0v) is 13.7. The van der Waals surface area contributed by atoms with Crippen LogP contribution in [0.5, 0.6) is 0 Å². The molecular weight excluding hydrogens is 298 g/mol. The molecule has 0 spiro atoms. The summed E-state index contributed by atoms with van der Waals surface area (Å²) in [5.41, 5.74) is 1.84. The fourth-order valence-corrected chi connectivity index (χ4v) is 2.62. The van der Waals surface area contributed by atoms with Gasteiger partial charge >= 0.3 is 0 Å². The topological polar surface area (TPSA) is 63.2 Å². The lowest BCUT2D eigenvalue weighted by Crippen LogP contribution is -2.26. The first-order valence-electron chi connectivity index (χ1n) is 6.47. The van der Waals surface area contributed by atoms with Gasteiger partial charge < -0.3 is 5.32 Å². The van der Waals surface area contributed by atoms with Gasteiger partial charge in [-0.3, -0.25) is 4.79 Å². The second-order valence-corrected chi connectivity index (χ2v) is 7.85. The summed E-state index contributed by atoms with van der Waals surface area (Å²) in [6.45, 7) is 8.25. The lowest BCUT2D eigenvalue weighted by Gasteiger charge is -2.12. The van der Waals surface area contributed by atoms with Gasteiger partial charge in [-0.05, 0) is 49.4 Å². The molecule has 6 heteroatoms. The summed E-state index contributed by atoms with van der Waals surface area (Å²) in [4.78, 5) is 12.1. The van der Waals surface area contributed by atoms with Crippen LogP contribution in [-0.2, 0) is 9.05 Å².